The maximum absolute atomic E-state index is 12.5. The van der Waals surface area contributed by atoms with E-state index in [9.17, 15) is 19.7 Å². The van der Waals surface area contributed by atoms with Crippen molar-refractivity contribution in [2.45, 2.75) is 18.6 Å². The number of esters is 1. The van der Waals surface area contributed by atoms with E-state index in [1.807, 2.05) is 6.07 Å². The van der Waals surface area contributed by atoms with Gasteiger partial charge in [-0.05, 0) is 12.5 Å². The Hall–Kier alpha value is -2.67. The zero-order valence-corrected chi connectivity index (χ0v) is 15.1. The minimum Gasteiger partial charge on any atom is -0.465 e. The quantitative estimate of drug-likeness (QED) is 0.283. The Kier molecular flexibility index (Phi) is 7.35. The van der Waals surface area contributed by atoms with Crippen molar-refractivity contribution in [2.75, 3.05) is 12.4 Å². The van der Waals surface area contributed by atoms with Gasteiger partial charge in [0.15, 0.2) is 5.78 Å². The molecule has 26 heavy (non-hydrogen) atoms. The zero-order chi connectivity index (χ0) is 18.9. The van der Waals surface area contributed by atoms with Crippen molar-refractivity contribution in [1.82, 2.24) is 0 Å². The monoisotopic (exact) mass is 373 g/mol. The van der Waals surface area contributed by atoms with Crippen LogP contribution >= 0.6 is 11.8 Å². The van der Waals surface area contributed by atoms with E-state index in [1.165, 1.54) is 23.9 Å². The van der Waals surface area contributed by atoms with E-state index in [-0.39, 0.29) is 34.9 Å². The summed E-state index contributed by atoms with van der Waals surface area (Å²) in [6, 6.07) is 15.0. The van der Waals surface area contributed by atoms with Crippen molar-refractivity contribution in [3.63, 3.8) is 0 Å². The summed E-state index contributed by atoms with van der Waals surface area (Å²) >= 11 is 1.29. The van der Waals surface area contributed by atoms with Gasteiger partial charge >= 0.3 is 5.97 Å². The van der Waals surface area contributed by atoms with Gasteiger partial charge in [-0.25, -0.2) is 0 Å². The Morgan fingerprint density at radius 1 is 1.12 bits per heavy atom. The molecule has 0 aliphatic heterocycles. The molecule has 0 saturated carbocycles. The predicted octanol–water partition coefficient (Wildman–Crippen LogP) is 4.21. The molecule has 136 valence electrons. The lowest BCUT2D eigenvalue weighted by molar-refractivity contribution is -0.384. The number of nitro groups is 1. The van der Waals surface area contributed by atoms with E-state index in [0.717, 1.165) is 5.56 Å². The van der Waals surface area contributed by atoms with E-state index in [1.54, 1.807) is 43.3 Å². The topological polar surface area (TPSA) is 86.5 Å². The molecule has 6 nitrogen and oxygen atoms in total. The lowest BCUT2D eigenvalue weighted by Crippen LogP contribution is -2.11. The van der Waals surface area contributed by atoms with Crippen LogP contribution in [0.4, 0.5) is 5.69 Å². The van der Waals surface area contributed by atoms with Crippen LogP contribution in [0.15, 0.2) is 54.6 Å². The van der Waals surface area contributed by atoms with Gasteiger partial charge in [0, 0.05) is 29.4 Å². The van der Waals surface area contributed by atoms with Crippen molar-refractivity contribution in [3.8, 4) is 0 Å². The van der Waals surface area contributed by atoms with Gasteiger partial charge in [-0.2, -0.15) is 0 Å². The van der Waals surface area contributed by atoms with Crippen LogP contribution in [-0.4, -0.2) is 29.0 Å². The van der Waals surface area contributed by atoms with Crippen LogP contribution in [0.25, 0.3) is 0 Å². The SMILES string of the molecule is CCOC(=O)CSC(CC(=O)c1ccccc1)c1ccc([N+](=O)[O-])cc1. The van der Waals surface area contributed by atoms with Gasteiger partial charge < -0.3 is 4.74 Å². The summed E-state index contributed by atoms with van der Waals surface area (Å²) < 4.78 is 4.93. The Balaban J connectivity index is 2.16. The molecule has 0 saturated heterocycles. The molecule has 1 unspecified atom stereocenters. The van der Waals surface area contributed by atoms with Crippen molar-refractivity contribution in [1.29, 1.82) is 0 Å². The van der Waals surface area contributed by atoms with Crippen LogP contribution in [0.3, 0.4) is 0 Å². The minimum absolute atomic E-state index is 0.0164. The average Bonchev–Trinajstić information content (AvgIpc) is 2.66. The molecule has 7 heteroatoms. The minimum atomic E-state index is -0.473. The summed E-state index contributed by atoms with van der Waals surface area (Å²) in [4.78, 5) is 34.5. The standard InChI is InChI=1S/C19H19NO5S/c1-2-25-19(22)13-26-18(12-17(21)14-6-4-3-5-7-14)15-8-10-16(11-9-15)20(23)24/h3-11,18H,2,12-13H2,1H3. The normalized spacial score (nSPS) is 11.6. The van der Waals surface area contributed by atoms with E-state index >= 15 is 0 Å². The van der Waals surface area contributed by atoms with Crippen LogP contribution in [-0.2, 0) is 9.53 Å². The van der Waals surface area contributed by atoms with E-state index < -0.39 is 4.92 Å². The number of hydrogen-bond acceptors (Lipinski definition) is 6. The van der Waals surface area contributed by atoms with Gasteiger partial charge in [-0.1, -0.05) is 42.5 Å². The predicted molar refractivity (Wildman–Crippen MR) is 100 cm³/mol. The number of carbonyl (C=O) groups is 2. The molecule has 0 aliphatic carbocycles. The molecule has 1 atom stereocenters. The first kappa shape index (κ1) is 19.7. The summed E-state index contributed by atoms with van der Waals surface area (Å²) in [5, 5.41) is 10.5. The van der Waals surface area contributed by atoms with Crippen LogP contribution in [0.5, 0.6) is 0 Å². The number of ether oxygens (including phenoxy) is 1. The maximum atomic E-state index is 12.5. The van der Waals surface area contributed by atoms with E-state index in [4.69, 9.17) is 4.74 Å². The number of carbonyl (C=O) groups excluding carboxylic acids is 2. The summed E-state index contributed by atoms with van der Waals surface area (Å²) in [6.07, 6.45) is 0.186. The Bertz CT molecular complexity index is 761. The van der Waals surface area contributed by atoms with Crippen molar-refractivity contribution < 1.29 is 19.2 Å². The molecule has 0 bridgehead atoms. The molecule has 0 radical (unpaired) electrons. The first-order chi connectivity index (χ1) is 12.5. The highest BCUT2D eigenvalue weighted by Gasteiger charge is 2.20. The second kappa shape index (κ2) is 9.72. The third-order valence-electron chi connectivity index (χ3n) is 3.65. The number of nitro benzene ring substituents is 1. The first-order valence-corrected chi connectivity index (χ1v) is 9.16. The van der Waals surface area contributed by atoms with E-state index in [2.05, 4.69) is 0 Å². The highest BCUT2D eigenvalue weighted by Crippen LogP contribution is 2.34. The molecule has 0 N–H and O–H groups in total. The van der Waals surface area contributed by atoms with Crippen LogP contribution in [0, 0.1) is 10.1 Å². The number of benzene rings is 2. The first-order valence-electron chi connectivity index (χ1n) is 8.11. The third-order valence-corrected chi connectivity index (χ3v) is 4.89. The van der Waals surface area contributed by atoms with Crippen LogP contribution in [0.2, 0.25) is 0 Å². The highest BCUT2D eigenvalue weighted by molar-refractivity contribution is 8.00. The fraction of sp³-hybridized carbons (Fsp3) is 0.263. The molecule has 0 spiro atoms. The largest absolute Gasteiger partial charge is 0.465 e. The second-order valence-electron chi connectivity index (χ2n) is 5.45. The van der Waals surface area contributed by atoms with Crippen molar-refractivity contribution in [2.24, 2.45) is 0 Å². The molecule has 0 heterocycles. The fourth-order valence-electron chi connectivity index (χ4n) is 2.37. The number of hydrogen-bond donors (Lipinski definition) is 0. The Morgan fingerprint density at radius 2 is 1.77 bits per heavy atom. The van der Waals surface area contributed by atoms with E-state index in [0.29, 0.717) is 12.2 Å². The Labute approximate surface area is 155 Å². The summed E-state index contributed by atoms with van der Waals surface area (Å²) in [7, 11) is 0. The van der Waals surface area contributed by atoms with Crippen molar-refractivity contribution in [3.05, 3.63) is 75.8 Å². The van der Waals surface area contributed by atoms with Gasteiger partial charge in [-0.15, -0.1) is 11.8 Å². The maximum Gasteiger partial charge on any atom is 0.315 e. The molecule has 2 rings (SSSR count). The molecule has 0 aromatic heterocycles. The summed E-state index contributed by atoms with van der Waals surface area (Å²) in [5.74, 6) is -0.292. The number of non-ortho nitro benzene ring substituents is 1. The van der Waals surface area contributed by atoms with Crippen LogP contribution in [0.1, 0.15) is 34.5 Å². The van der Waals surface area contributed by atoms with Gasteiger partial charge in [0.25, 0.3) is 5.69 Å². The second-order valence-corrected chi connectivity index (χ2v) is 6.64. The molecule has 2 aromatic carbocycles. The van der Waals surface area contributed by atoms with Crippen LogP contribution < -0.4 is 0 Å². The number of thioether (sulfide) groups is 1. The number of ketones is 1. The smallest absolute Gasteiger partial charge is 0.315 e. The third kappa shape index (κ3) is 5.70. The van der Waals surface area contributed by atoms with Gasteiger partial charge in [-0.3, -0.25) is 19.7 Å². The van der Waals surface area contributed by atoms with Gasteiger partial charge in [0.2, 0.25) is 0 Å². The van der Waals surface area contributed by atoms with Gasteiger partial charge in [0.05, 0.1) is 17.3 Å². The van der Waals surface area contributed by atoms with Crippen molar-refractivity contribution >= 4 is 29.2 Å². The fourth-order valence-corrected chi connectivity index (χ4v) is 3.40. The number of Topliss-reactive ketones (excluding diaryl/α,β-unsaturated/α-hetero) is 1. The number of nitrogens with zero attached hydrogens (tertiary/aromatic N) is 1. The lowest BCUT2D eigenvalue weighted by Gasteiger charge is -2.16. The molecule has 0 amide bonds. The van der Waals surface area contributed by atoms with Gasteiger partial charge in [0.1, 0.15) is 0 Å². The lowest BCUT2D eigenvalue weighted by atomic mass is 10.0. The zero-order valence-electron chi connectivity index (χ0n) is 14.3. The highest BCUT2D eigenvalue weighted by atomic mass is 32.2. The summed E-state index contributed by atoms with van der Waals surface area (Å²) in [6.45, 7) is 2.03. The molecule has 0 fully saturated rings. The molecule has 2 aromatic rings. The molecule has 0 aliphatic rings. The number of rotatable bonds is 9. The average molecular weight is 373 g/mol. The summed E-state index contributed by atoms with van der Waals surface area (Å²) in [5.41, 5.74) is 1.34. The Morgan fingerprint density at radius 3 is 2.35 bits per heavy atom. The molecular weight excluding hydrogens is 354 g/mol. The molecular formula is C19H19NO5S.